The van der Waals surface area contributed by atoms with Crippen molar-refractivity contribution >= 4 is 0 Å². The first-order chi connectivity index (χ1) is 8.26. The van der Waals surface area contributed by atoms with Gasteiger partial charge < -0.3 is 5.32 Å². The van der Waals surface area contributed by atoms with Gasteiger partial charge in [0.25, 0.3) is 0 Å². The third-order valence-corrected chi connectivity index (χ3v) is 4.67. The molecule has 0 aromatic heterocycles. The molecule has 0 saturated carbocycles. The molecule has 0 saturated heterocycles. The smallest absolute Gasteiger partial charge is 0.00105 e. The minimum absolute atomic E-state index is 0.362. The standard InChI is InChI=1S/C18H39N/c1-14(16(2,3)4)11-12-19-13-15(17(5,6)7)18(8,9)10/h14-15,19H,11-13H2,1-10H3. The fourth-order valence-corrected chi connectivity index (χ4v) is 2.91. The largest absolute Gasteiger partial charge is 0.316 e. The molecule has 1 heteroatoms. The van der Waals surface area contributed by atoms with Gasteiger partial charge >= 0.3 is 0 Å². The van der Waals surface area contributed by atoms with Crippen molar-refractivity contribution in [2.24, 2.45) is 28.1 Å². The number of hydrogen-bond donors (Lipinski definition) is 1. The highest BCUT2D eigenvalue weighted by Crippen LogP contribution is 2.39. The molecule has 0 aliphatic heterocycles. The van der Waals surface area contributed by atoms with Crippen molar-refractivity contribution in [1.82, 2.24) is 5.32 Å². The third-order valence-electron chi connectivity index (χ3n) is 4.67. The maximum atomic E-state index is 3.70. The highest BCUT2D eigenvalue weighted by atomic mass is 14.9. The van der Waals surface area contributed by atoms with Crippen molar-refractivity contribution in [3.8, 4) is 0 Å². The second-order valence-electron chi connectivity index (χ2n) is 9.54. The number of hydrogen-bond acceptors (Lipinski definition) is 1. The fourth-order valence-electron chi connectivity index (χ4n) is 2.91. The second-order valence-corrected chi connectivity index (χ2v) is 9.54. The average molecular weight is 270 g/mol. The van der Waals surface area contributed by atoms with Gasteiger partial charge in [-0.25, -0.2) is 0 Å². The highest BCUT2D eigenvalue weighted by Gasteiger charge is 2.34. The summed E-state index contributed by atoms with van der Waals surface area (Å²) in [6.45, 7) is 25.8. The molecule has 0 heterocycles. The first-order valence-corrected chi connectivity index (χ1v) is 7.97. The first-order valence-electron chi connectivity index (χ1n) is 7.97. The zero-order chi connectivity index (χ0) is 15.5. The topological polar surface area (TPSA) is 12.0 Å². The van der Waals surface area contributed by atoms with Crippen LogP contribution < -0.4 is 5.32 Å². The maximum Gasteiger partial charge on any atom is -0.00105 e. The third kappa shape index (κ3) is 7.34. The summed E-state index contributed by atoms with van der Waals surface area (Å²) in [5.41, 5.74) is 1.15. The van der Waals surface area contributed by atoms with Crippen molar-refractivity contribution in [1.29, 1.82) is 0 Å². The number of nitrogens with one attached hydrogen (secondary N) is 1. The Hall–Kier alpha value is -0.0400. The Bertz CT molecular complexity index is 232. The normalized spacial score (nSPS) is 15.9. The highest BCUT2D eigenvalue weighted by molar-refractivity contribution is 4.85. The van der Waals surface area contributed by atoms with E-state index in [0.717, 1.165) is 19.0 Å². The lowest BCUT2D eigenvalue weighted by atomic mass is 9.66. The van der Waals surface area contributed by atoms with E-state index in [1.807, 2.05) is 0 Å². The van der Waals surface area contributed by atoms with E-state index in [1.165, 1.54) is 6.42 Å². The van der Waals surface area contributed by atoms with E-state index in [-0.39, 0.29) is 0 Å². The van der Waals surface area contributed by atoms with Crippen LogP contribution in [0.5, 0.6) is 0 Å². The van der Waals surface area contributed by atoms with E-state index in [2.05, 4.69) is 74.6 Å². The van der Waals surface area contributed by atoms with Gasteiger partial charge in [0.1, 0.15) is 0 Å². The second kappa shape index (κ2) is 6.61. The van der Waals surface area contributed by atoms with Crippen molar-refractivity contribution in [3.05, 3.63) is 0 Å². The van der Waals surface area contributed by atoms with Crippen LogP contribution >= 0.6 is 0 Å². The molecule has 1 unspecified atom stereocenters. The lowest BCUT2D eigenvalue weighted by Crippen LogP contribution is -2.41. The summed E-state index contributed by atoms with van der Waals surface area (Å²) in [5.74, 6) is 1.47. The molecule has 0 fully saturated rings. The molecule has 0 radical (unpaired) electrons. The SMILES string of the molecule is CC(CCNCC(C(C)(C)C)C(C)(C)C)C(C)(C)C. The van der Waals surface area contributed by atoms with Gasteiger partial charge in [0.15, 0.2) is 0 Å². The van der Waals surface area contributed by atoms with Crippen LogP contribution in [0.2, 0.25) is 0 Å². The maximum absolute atomic E-state index is 3.70. The molecule has 0 aromatic carbocycles. The first kappa shape index (κ1) is 19.0. The van der Waals surface area contributed by atoms with Gasteiger partial charge in [-0.15, -0.1) is 0 Å². The molecule has 19 heavy (non-hydrogen) atoms. The molecule has 0 amide bonds. The molecule has 0 aliphatic rings. The Morgan fingerprint density at radius 1 is 0.737 bits per heavy atom. The van der Waals surface area contributed by atoms with Gasteiger partial charge in [-0.3, -0.25) is 0 Å². The zero-order valence-corrected chi connectivity index (χ0v) is 15.3. The Kier molecular flexibility index (Phi) is 6.59. The van der Waals surface area contributed by atoms with Crippen LogP contribution in [0.25, 0.3) is 0 Å². The fraction of sp³-hybridized carbons (Fsp3) is 1.00. The molecule has 1 nitrogen and oxygen atoms in total. The van der Waals surface area contributed by atoms with Gasteiger partial charge in [0.2, 0.25) is 0 Å². The lowest BCUT2D eigenvalue weighted by molar-refractivity contribution is 0.0996. The average Bonchev–Trinajstić information content (AvgIpc) is 2.10. The summed E-state index contributed by atoms with van der Waals surface area (Å²) in [6.07, 6.45) is 1.27. The van der Waals surface area contributed by atoms with Crippen LogP contribution in [0.4, 0.5) is 0 Å². The summed E-state index contributed by atoms with van der Waals surface area (Å²) < 4.78 is 0. The Balaban J connectivity index is 4.24. The summed E-state index contributed by atoms with van der Waals surface area (Å²) in [5, 5.41) is 3.70. The predicted octanol–water partition coefficient (Wildman–Crippen LogP) is 5.36. The van der Waals surface area contributed by atoms with Gasteiger partial charge in [-0.2, -0.15) is 0 Å². The van der Waals surface area contributed by atoms with E-state index in [9.17, 15) is 0 Å². The summed E-state index contributed by atoms with van der Waals surface area (Å²) in [4.78, 5) is 0. The molecule has 0 rings (SSSR count). The van der Waals surface area contributed by atoms with Crippen molar-refractivity contribution in [2.75, 3.05) is 13.1 Å². The Labute approximate surface area is 122 Å². The van der Waals surface area contributed by atoms with Crippen molar-refractivity contribution in [3.63, 3.8) is 0 Å². The molecular weight excluding hydrogens is 230 g/mol. The van der Waals surface area contributed by atoms with E-state index in [4.69, 9.17) is 0 Å². The minimum atomic E-state index is 0.362. The van der Waals surface area contributed by atoms with Crippen molar-refractivity contribution in [2.45, 2.75) is 75.7 Å². The van der Waals surface area contributed by atoms with E-state index < -0.39 is 0 Å². The quantitative estimate of drug-likeness (QED) is 0.663. The van der Waals surface area contributed by atoms with Crippen LogP contribution in [-0.4, -0.2) is 13.1 Å². The molecule has 1 N–H and O–H groups in total. The summed E-state index contributed by atoms with van der Waals surface area (Å²) in [7, 11) is 0. The molecular formula is C18H39N. The van der Waals surface area contributed by atoms with Crippen LogP contribution in [0.15, 0.2) is 0 Å². The minimum Gasteiger partial charge on any atom is -0.316 e. The van der Waals surface area contributed by atoms with Crippen LogP contribution in [0.3, 0.4) is 0 Å². The van der Waals surface area contributed by atoms with Gasteiger partial charge in [-0.1, -0.05) is 69.2 Å². The van der Waals surface area contributed by atoms with Crippen LogP contribution in [0, 0.1) is 28.1 Å². The molecule has 0 bridgehead atoms. The van der Waals surface area contributed by atoms with Gasteiger partial charge in [-0.05, 0) is 47.6 Å². The van der Waals surface area contributed by atoms with Gasteiger partial charge in [0.05, 0.1) is 0 Å². The van der Waals surface area contributed by atoms with E-state index >= 15 is 0 Å². The molecule has 0 spiro atoms. The molecule has 116 valence electrons. The lowest BCUT2D eigenvalue weighted by Gasteiger charge is -2.41. The van der Waals surface area contributed by atoms with Gasteiger partial charge in [0, 0.05) is 0 Å². The molecule has 0 aromatic rings. The Morgan fingerprint density at radius 3 is 1.47 bits per heavy atom. The van der Waals surface area contributed by atoms with E-state index in [1.54, 1.807) is 0 Å². The summed E-state index contributed by atoms with van der Waals surface area (Å²) >= 11 is 0. The van der Waals surface area contributed by atoms with E-state index in [0.29, 0.717) is 22.2 Å². The molecule has 0 aliphatic carbocycles. The zero-order valence-electron chi connectivity index (χ0n) is 15.3. The predicted molar refractivity (Wildman–Crippen MR) is 88.5 cm³/mol. The molecule has 1 atom stereocenters. The summed E-state index contributed by atoms with van der Waals surface area (Å²) in [6, 6.07) is 0. The monoisotopic (exact) mass is 269 g/mol. The van der Waals surface area contributed by atoms with Crippen LogP contribution in [-0.2, 0) is 0 Å². The van der Waals surface area contributed by atoms with Crippen LogP contribution in [0.1, 0.15) is 75.7 Å². The Morgan fingerprint density at radius 2 is 1.16 bits per heavy atom. The number of rotatable bonds is 5. The van der Waals surface area contributed by atoms with Crippen molar-refractivity contribution < 1.29 is 0 Å².